The number of hydroxylamine groups is 1. The van der Waals surface area contributed by atoms with E-state index in [0.29, 0.717) is 19.6 Å². The smallest absolute Gasteiger partial charge is 0.187 e. The van der Waals surface area contributed by atoms with Gasteiger partial charge in [0.15, 0.2) is 5.13 Å². The van der Waals surface area contributed by atoms with E-state index in [4.69, 9.17) is 26.2 Å². The van der Waals surface area contributed by atoms with Crippen molar-refractivity contribution in [1.82, 2.24) is 10.5 Å². The van der Waals surface area contributed by atoms with E-state index in [1.54, 1.807) is 11.3 Å². The van der Waals surface area contributed by atoms with Gasteiger partial charge in [-0.1, -0.05) is 35.9 Å². The fourth-order valence-electron chi connectivity index (χ4n) is 3.47. The number of rotatable bonds is 9. The zero-order valence-corrected chi connectivity index (χ0v) is 21.2. The summed E-state index contributed by atoms with van der Waals surface area (Å²) >= 11 is 7.89. The quantitative estimate of drug-likeness (QED) is 0.285. The van der Waals surface area contributed by atoms with Crippen molar-refractivity contribution in [3.05, 3.63) is 63.5 Å². The van der Waals surface area contributed by atoms with Crippen LogP contribution >= 0.6 is 22.9 Å². The highest BCUT2D eigenvalue weighted by molar-refractivity contribution is 7.16. The summed E-state index contributed by atoms with van der Waals surface area (Å²) in [4.78, 5) is 22.9. The number of nitrogens with zero attached hydrogens (tertiary/aromatic N) is 1. The predicted octanol–water partition coefficient (Wildman–Crippen LogP) is 4.82. The molecule has 0 spiro atoms. The number of anilines is 2. The second kappa shape index (κ2) is 12.9. The lowest BCUT2D eigenvalue weighted by Crippen LogP contribution is -2.36. The van der Waals surface area contributed by atoms with Crippen LogP contribution in [0.15, 0.2) is 42.5 Å². The van der Waals surface area contributed by atoms with Crippen molar-refractivity contribution in [3.63, 3.8) is 0 Å². The minimum Gasteiger partial charge on any atom is -0.379 e. The summed E-state index contributed by atoms with van der Waals surface area (Å²) < 4.78 is 5.28. The van der Waals surface area contributed by atoms with Crippen molar-refractivity contribution in [1.29, 1.82) is 0 Å². The van der Waals surface area contributed by atoms with Crippen molar-refractivity contribution in [2.24, 2.45) is 5.73 Å². The zero-order chi connectivity index (χ0) is 24.5. The largest absolute Gasteiger partial charge is 0.379 e. The molecule has 1 aliphatic rings. The van der Waals surface area contributed by atoms with E-state index >= 15 is 0 Å². The molecule has 34 heavy (non-hydrogen) atoms. The SMILES string of the molecule is CN.Cc1ccc(-c2nc(Nc3ccc(CC(C=O)NOC4CCOC4)cc3)sc2C)cc1Cl. The average Bonchev–Trinajstić information content (AvgIpc) is 3.50. The van der Waals surface area contributed by atoms with Crippen LogP contribution in [0.1, 0.15) is 22.4 Å². The number of nitrogens with one attached hydrogen (secondary N) is 2. The number of benzene rings is 2. The Morgan fingerprint density at radius 1 is 1.26 bits per heavy atom. The van der Waals surface area contributed by atoms with Crippen molar-refractivity contribution in [2.45, 2.75) is 38.8 Å². The molecule has 7 nitrogen and oxygen atoms in total. The first kappa shape index (κ1) is 26.3. The fraction of sp³-hybridized carbons (Fsp3) is 0.360. The molecule has 2 unspecified atom stereocenters. The minimum absolute atomic E-state index is 0.00612. The van der Waals surface area contributed by atoms with Crippen LogP contribution in [0.2, 0.25) is 5.02 Å². The van der Waals surface area contributed by atoms with E-state index in [1.807, 2.05) is 49.4 Å². The summed E-state index contributed by atoms with van der Waals surface area (Å²) in [5, 5.41) is 4.93. The van der Waals surface area contributed by atoms with Gasteiger partial charge in [0, 0.05) is 34.2 Å². The number of nitrogens with two attached hydrogens (primary N) is 1. The molecule has 0 radical (unpaired) electrons. The number of aromatic nitrogens is 1. The zero-order valence-electron chi connectivity index (χ0n) is 19.6. The van der Waals surface area contributed by atoms with E-state index in [0.717, 1.165) is 55.8 Å². The maximum atomic E-state index is 11.4. The van der Waals surface area contributed by atoms with Crippen molar-refractivity contribution in [2.75, 3.05) is 25.6 Å². The van der Waals surface area contributed by atoms with Crippen LogP contribution in [0.4, 0.5) is 10.8 Å². The van der Waals surface area contributed by atoms with Gasteiger partial charge in [0.05, 0.1) is 18.3 Å². The summed E-state index contributed by atoms with van der Waals surface area (Å²) in [6.45, 7) is 5.31. The van der Waals surface area contributed by atoms with Gasteiger partial charge >= 0.3 is 0 Å². The van der Waals surface area contributed by atoms with Crippen LogP contribution in [-0.4, -0.2) is 43.7 Å². The highest BCUT2D eigenvalue weighted by Crippen LogP contribution is 2.33. The third kappa shape index (κ3) is 7.09. The Balaban J connectivity index is 0.00000158. The molecule has 2 heterocycles. The Morgan fingerprint density at radius 3 is 2.68 bits per heavy atom. The van der Waals surface area contributed by atoms with Gasteiger partial charge < -0.3 is 20.6 Å². The summed E-state index contributed by atoms with van der Waals surface area (Å²) in [5.74, 6) is 0. The maximum absolute atomic E-state index is 11.4. The first-order valence-corrected chi connectivity index (χ1v) is 12.3. The van der Waals surface area contributed by atoms with E-state index in [-0.39, 0.29) is 6.10 Å². The highest BCUT2D eigenvalue weighted by Gasteiger charge is 2.18. The van der Waals surface area contributed by atoms with Crippen molar-refractivity contribution >= 4 is 40.0 Å². The topological polar surface area (TPSA) is 98.5 Å². The van der Waals surface area contributed by atoms with Gasteiger partial charge in [0.1, 0.15) is 12.4 Å². The van der Waals surface area contributed by atoms with E-state index in [2.05, 4.69) is 23.5 Å². The van der Waals surface area contributed by atoms with Gasteiger partial charge in [-0.15, -0.1) is 11.3 Å². The van der Waals surface area contributed by atoms with E-state index in [1.165, 1.54) is 7.05 Å². The average molecular weight is 503 g/mol. The number of hydrogen-bond donors (Lipinski definition) is 3. The number of aldehydes is 1. The van der Waals surface area contributed by atoms with Gasteiger partial charge in [0.2, 0.25) is 0 Å². The fourth-order valence-corrected chi connectivity index (χ4v) is 4.50. The molecule has 0 aliphatic carbocycles. The van der Waals surface area contributed by atoms with Gasteiger partial charge in [-0.05, 0) is 56.6 Å². The molecule has 0 amide bonds. The summed E-state index contributed by atoms with van der Waals surface area (Å²) in [6.07, 6.45) is 2.27. The third-order valence-electron chi connectivity index (χ3n) is 5.34. The standard InChI is InChI=1S/C24H26ClN3O3S.CH5N/c1-15-3-6-18(12-22(15)25)23-16(2)32-24(27-23)26-19-7-4-17(5-8-19)11-20(13-29)28-31-21-9-10-30-14-21;1-2/h3-8,12-13,20-21,28H,9-11,14H2,1-2H3,(H,26,27);2H2,1H3. The normalized spacial score (nSPS) is 16.0. The number of halogens is 1. The molecule has 9 heteroatoms. The molecule has 1 aromatic heterocycles. The first-order chi connectivity index (χ1) is 16.5. The molecule has 4 rings (SSSR count). The number of carbonyl (C=O) groups excluding carboxylic acids is 1. The van der Waals surface area contributed by atoms with E-state index in [9.17, 15) is 4.79 Å². The lowest BCUT2D eigenvalue weighted by Gasteiger charge is -2.16. The number of hydrogen-bond acceptors (Lipinski definition) is 8. The molecule has 1 saturated heterocycles. The maximum Gasteiger partial charge on any atom is 0.187 e. The van der Waals surface area contributed by atoms with Gasteiger partial charge in [-0.3, -0.25) is 4.84 Å². The molecule has 4 N–H and O–H groups in total. The number of carbonyl (C=O) groups is 1. The second-order valence-electron chi connectivity index (χ2n) is 7.88. The molecule has 0 saturated carbocycles. The predicted molar refractivity (Wildman–Crippen MR) is 139 cm³/mol. The molecular formula is C25H31ClN4O3S. The van der Waals surface area contributed by atoms with Gasteiger partial charge in [-0.25, -0.2) is 4.98 Å². The molecule has 0 bridgehead atoms. The Labute approximate surface area is 209 Å². The second-order valence-corrected chi connectivity index (χ2v) is 9.49. The van der Waals surface area contributed by atoms with Crippen LogP contribution in [-0.2, 0) is 20.8 Å². The molecule has 182 valence electrons. The number of aryl methyl sites for hydroxylation is 2. The summed E-state index contributed by atoms with van der Waals surface area (Å²) in [7, 11) is 1.50. The first-order valence-electron chi connectivity index (χ1n) is 11.1. The molecular weight excluding hydrogens is 472 g/mol. The summed E-state index contributed by atoms with van der Waals surface area (Å²) in [5.41, 5.74) is 12.3. The van der Waals surface area contributed by atoms with E-state index < -0.39 is 6.04 Å². The summed E-state index contributed by atoms with van der Waals surface area (Å²) in [6, 6.07) is 13.6. The molecule has 1 aliphatic heterocycles. The Hall–Kier alpha value is -2.33. The third-order valence-corrected chi connectivity index (χ3v) is 6.63. The Bertz CT molecular complexity index is 1070. The molecule has 2 aromatic carbocycles. The van der Waals surface area contributed by atoms with Gasteiger partial charge in [-0.2, -0.15) is 5.48 Å². The Kier molecular flexibility index (Phi) is 10.0. The number of thiazole rings is 1. The van der Waals surface area contributed by atoms with Crippen molar-refractivity contribution < 1.29 is 14.4 Å². The van der Waals surface area contributed by atoms with Crippen LogP contribution < -0.4 is 16.5 Å². The lowest BCUT2D eigenvalue weighted by molar-refractivity contribution is -0.116. The molecule has 3 aromatic rings. The van der Waals surface area contributed by atoms with Crippen LogP contribution in [0.25, 0.3) is 11.3 Å². The lowest BCUT2D eigenvalue weighted by atomic mass is 10.1. The van der Waals surface area contributed by atoms with Crippen LogP contribution in [0.5, 0.6) is 0 Å². The Morgan fingerprint density at radius 2 is 2.03 bits per heavy atom. The van der Waals surface area contributed by atoms with Gasteiger partial charge in [0.25, 0.3) is 0 Å². The highest BCUT2D eigenvalue weighted by atomic mass is 35.5. The molecule has 1 fully saturated rings. The molecule has 2 atom stereocenters. The van der Waals surface area contributed by atoms with Crippen LogP contribution in [0, 0.1) is 13.8 Å². The number of ether oxygens (including phenoxy) is 1. The monoisotopic (exact) mass is 502 g/mol. The van der Waals surface area contributed by atoms with Crippen LogP contribution in [0.3, 0.4) is 0 Å². The minimum atomic E-state index is -0.403. The van der Waals surface area contributed by atoms with Crippen molar-refractivity contribution in [3.8, 4) is 11.3 Å².